The second-order valence-electron chi connectivity index (χ2n) is 2.54. The van der Waals surface area contributed by atoms with Gasteiger partial charge < -0.3 is 10.3 Å². The van der Waals surface area contributed by atoms with Gasteiger partial charge in [-0.2, -0.15) is 0 Å². The molecule has 2 aromatic rings. The molecule has 0 radical (unpaired) electrons. The van der Waals surface area contributed by atoms with E-state index in [1.807, 2.05) is 0 Å². The molecule has 0 saturated heterocycles. The Morgan fingerprint density at radius 3 is 3.00 bits per heavy atom. The lowest BCUT2D eigenvalue weighted by atomic mass is 10.2. The van der Waals surface area contributed by atoms with Crippen molar-refractivity contribution in [1.29, 1.82) is 0 Å². The average molecular weight is 197 g/mol. The fourth-order valence-corrected chi connectivity index (χ4v) is 1.25. The van der Waals surface area contributed by atoms with Gasteiger partial charge in [0, 0.05) is 11.1 Å². The summed E-state index contributed by atoms with van der Waals surface area (Å²) in [4.78, 5) is 10.8. The number of halogens is 1. The summed E-state index contributed by atoms with van der Waals surface area (Å²) in [5, 5.41) is 4.64. The van der Waals surface area contributed by atoms with Gasteiger partial charge in [0.1, 0.15) is 0 Å². The first-order valence-electron chi connectivity index (χ1n) is 3.53. The van der Waals surface area contributed by atoms with Crippen LogP contribution in [0.15, 0.2) is 22.7 Å². The third-order valence-electron chi connectivity index (χ3n) is 1.67. The van der Waals surface area contributed by atoms with E-state index in [2.05, 4.69) is 5.16 Å². The zero-order valence-electron chi connectivity index (χ0n) is 6.45. The fraction of sp³-hybridized carbons (Fsp3) is 0. The van der Waals surface area contributed by atoms with Crippen molar-refractivity contribution in [2.24, 2.45) is 5.73 Å². The molecular weight excluding hydrogens is 192 g/mol. The van der Waals surface area contributed by atoms with Gasteiger partial charge in [-0.3, -0.25) is 4.79 Å². The van der Waals surface area contributed by atoms with Crippen LogP contribution >= 0.6 is 11.6 Å². The number of nitrogens with two attached hydrogens (primary N) is 1. The third kappa shape index (κ3) is 1.25. The number of primary amides is 1. The molecule has 0 aliphatic heterocycles. The van der Waals surface area contributed by atoms with Crippen LogP contribution in [0.4, 0.5) is 0 Å². The first-order valence-corrected chi connectivity index (χ1v) is 3.91. The molecule has 1 heterocycles. The van der Waals surface area contributed by atoms with E-state index in [4.69, 9.17) is 21.9 Å². The van der Waals surface area contributed by atoms with Gasteiger partial charge in [0.15, 0.2) is 11.3 Å². The summed E-state index contributed by atoms with van der Waals surface area (Å²) >= 11 is 5.70. The summed E-state index contributed by atoms with van der Waals surface area (Å²) in [6.45, 7) is 0. The summed E-state index contributed by atoms with van der Waals surface area (Å²) < 4.78 is 4.86. The standard InChI is InChI=1S/C8H5ClN2O2/c9-4-1-2-5-6(3-4)13-11-7(5)8(10)12/h1-3H,(H2,10,12). The van der Waals surface area contributed by atoms with Crippen molar-refractivity contribution in [3.05, 3.63) is 28.9 Å². The Morgan fingerprint density at radius 2 is 2.31 bits per heavy atom. The molecule has 4 nitrogen and oxygen atoms in total. The minimum atomic E-state index is -0.610. The van der Waals surface area contributed by atoms with Gasteiger partial charge >= 0.3 is 0 Å². The molecule has 0 bridgehead atoms. The minimum absolute atomic E-state index is 0.131. The van der Waals surface area contributed by atoms with Crippen molar-refractivity contribution in [1.82, 2.24) is 5.16 Å². The van der Waals surface area contributed by atoms with Crippen molar-refractivity contribution in [2.75, 3.05) is 0 Å². The molecule has 0 saturated carbocycles. The number of amides is 1. The predicted molar refractivity (Wildman–Crippen MR) is 47.5 cm³/mol. The highest BCUT2D eigenvalue weighted by atomic mass is 35.5. The third-order valence-corrected chi connectivity index (χ3v) is 1.90. The summed E-state index contributed by atoms with van der Waals surface area (Å²) in [5.74, 6) is -0.610. The van der Waals surface area contributed by atoms with E-state index in [1.54, 1.807) is 18.2 Å². The smallest absolute Gasteiger partial charge is 0.271 e. The van der Waals surface area contributed by atoms with Crippen LogP contribution in [0.25, 0.3) is 11.0 Å². The Balaban J connectivity index is 2.76. The largest absolute Gasteiger partial charge is 0.364 e. The molecule has 0 fully saturated rings. The van der Waals surface area contributed by atoms with Crippen LogP contribution in [0.3, 0.4) is 0 Å². The minimum Gasteiger partial charge on any atom is -0.364 e. The van der Waals surface area contributed by atoms with Crippen LogP contribution in [0, 0.1) is 0 Å². The second-order valence-corrected chi connectivity index (χ2v) is 2.97. The fourth-order valence-electron chi connectivity index (χ4n) is 1.09. The number of nitrogens with zero attached hydrogens (tertiary/aromatic N) is 1. The highest BCUT2D eigenvalue weighted by Crippen LogP contribution is 2.21. The lowest BCUT2D eigenvalue weighted by molar-refractivity contribution is 0.0993. The lowest BCUT2D eigenvalue weighted by Crippen LogP contribution is -2.11. The number of aromatic nitrogens is 1. The van der Waals surface area contributed by atoms with Crippen LogP contribution in [-0.2, 0) is 0 Å². The van der Waals surface area contributed by atoms with Crippen LogP contribution in [0.5, 0.6) is 0 Å². The molecule has 2 rings (SSSR count). The van der Waals surface area contributed by atoms with Crippen molar-refractivity contribution in [3.8, 4) is 0 Å². The quantitative estimate of drug-likeness (QED) is 0.753. The highest BCUT2D eigenvalue weighted by Gasteiger charge is 2.12. The molecular formula is C8H5ClN2O2. The monoisotopic (exact) mass is 196 g/mol. The van der Waals surface area contributed by atoms with Gasteiger partial charge in [0.25, 0.3) is 5.91 Å². The van der Waals surface area contributed by atoms with Gasteiger partial charge in [-0.15, -0.1) is 0 Å². The summed E-state index contributed by atoms with van der Waals surface area (Å²) in [6, 6.07) is 4.87. The molecule has 0 spiro atoms. The number of hydrogen-bond donors (Lipinski definition) is 1. The summed E-state index contributed by atoms with van der Waals surface area (Å²) in [7, 11) is 0. The zero-order valence-corrected chi connectivity index (χ0v) is 7.21. The van der Waals surface area contributed by atoms with E-state index in [0.717, 1.165) is 0 Å². The molecule has 0 aliphatic rings. The topological polar surface area (TPSA) is 69.1 Å². The molecule has 2 N–H and O–H groups in total. The van der Waals surface area contributed by atoms with Crippen molar-refractivity contribution in [2.45, 2.75) is 0 Å². The SMILES string of the molecule is NC(=O)c1noc2cc(Cl)ccc12. The maximum absolute atomic E-state index is 10.8. The normalized spacial score (nSPS) is 10.5. The molecule has 5 heteroatoms. The Kier molecular flexibility index (Phi) is 1.70. The van der Waals surface area contributed by atoms with Gasteiger partial charge in [-0.05, 0) is 12.1 Å². The van der Waals surface area contributed by atoms with Crippen molar-refractivity contribution >= 4 is 28.5 Å². The molecule has 13 heavy (non-hydrogen) atoms. The number of carbonyl (C=O) groups is 1. The zero-order chi connectivity index (χ0) is 9.42. The van der Waals surface area contributed by atoms with E-state index < -0.39 is 5.91 Å². The van der Waals surface area contributed by atoms with E-state index in [1.165, 1.54) is 0 Å². The van der Waals surface area contributed by atoms with Gasteiger partial charge in [0.2, 0.25) is 0 Å². The summed E-state index contributed by atoms with van der Waals surface area (Å²) in [5.41, 5.74) is 5.66. The van der Waals surface area contributed by atoms with Gasteiger partial charge in [0.05, 0.1) is 5.39 Å². The second kappa shape index (κ2) is 2.74. The van der Waals surface area contributed by atoms with E-state index in [-0.39, 0.29) is 5.69 Å². The predicted octanol–water partition coefficient (Wildman–Crippen LogP) is 1.58. The van der Waals surface area contributed by atoms with Crippen LogP contribution in [-0.4, -0.2) is 11.1 Å². The van der Waals surface area contributed by atoms with E-state index >= 15 is 0 Å². The van der Waals surface area contributed by atoms with Crippen molar-refractivity contribution < 1.29 is 9.32 Å². The lowest BCUT2D eigenvalue weighted by Gasteiger charge is -1.89. The maximum atomic E-state index is 10.8. The van der Waals surface area contributed by atoms with Crippen LogP contribution < -0.4 is 5.73 Å². The van der Waals surface area contributed by atoms with E-state index in [0.29, 0.717) is 16.0 Å². The van der Waals surface area contributed by atoms with Crippen molar-refractivity contribution in [3.63, 3.8) is 0 Å². The Morgan fingerprint density at radius 1 is 1.54 bits per heavy atom. The molecule has 1 amide bonds. The number of fused-ring (bicyclic) bond motifs is 1. The number of hydrogen-bond acceptors (Lipinski definition) is 3. The molecule has 66 valence electrons. The number of rotatable bonds is 1. The number of benzene rings is 1. The van der Waals surface area contributed by atoms with Crippen LogP contribution in [0.1, 0.15) is 10.5 Å². The Labute approximate surface area is 78.2 Å². The molecule has 0 unspecified atom stereocenters. The first-order chi connectivity index (χ1) is 6.18. The Bertz CT molecular complexity index is 478. The first kappa shape index (κ1) is 8.07. The molecule has 1 aromatic heterocycles. The summed E-state index contributed by atoms with van der Waals surface area (Å²) in [6.07, 6.45) is 0. The maximum Gasteiger partial charge on any atom is 0.271 e. The molecule has 1 aromatic carbocycles. The Hall–Kier alpha value is -1.55. The molecule has 0 atom stereocenters. The van der Waals surface area contributed by atoms with Gasteiger partial charge in [-0.1, -0.05) is 16.8 Å². The average Bonchev–Trinajstić information content (AvgIpc) is 2.46. The number of carbonyl (C=O) groups excluding carboxylic acids is 1. The van der Waals surface area contributed by atoms with E-state index in [9.17, 15) is 4.79 Å². The van der Waals surface area contributed by atoms with Crippen LogP contribution in [0.2, 0.25) is 5.02 Å². The highest BCUT2D eigenvalue weighted by molar-refractivity contribution is 6.31. The molecule has 0 aliphatic carbocycles. The van der Waals surface area contributed by atoms with Gasteiger partial charge in [-0.25, -0.2) is 0 Å².